The van der Waals surface area contributed by atoms with Crippen LogP contribution < -0.4 is 15.2 Å². The number of nitrogen functional groups attached to an aromatic ring is 1. The second-order valence-corrected chi connectivity index (χ2v) is 4.56. The highest BCUT2D eigenvalue weighted by Crippen LogP contribution is 2.42. The average molecular weight is 262 g/mol. The largest absolute Gasteiger partial charge is 0.493 e. The van der Waals surface area contributed by atoms with Crippen LogP contribution in [0.4, 0.5) is 5.88 Å². The highest BCUT2D eigenvalue weighted by molar-refractivity contribution is 5.80. The van der Waals surface area contributed by atoms with Gasteiger partial charge in [-0.2, -0.15) is 0 Å². The van der Waals surface area contributed by atoms with E-state index in [0.29, 0.717) is 23.0 Å². The van der Waals surface area contributed by atoms with Gasteiger partial charge in [0.15, 0.2) is 11.5 Å². The van der Waals surface area contributed by atoms with E-state index in [1.807, 2.05) is 12.1 Å². The van der Waals surface area contributed by atoms with Crippen molar-refractivity contribution in [3.05, 3.63) is 23.9 Å². The molecule has 2 aromatic rings. The zero-order chi connectivity index (χ0) is 14.0. The number of ether oxygens (including phenoxy) is 2. The van der Waals surface area contributed by atoms with Crippen LogP contribution in [0.1, 0.15) is 25.3 Å². The van der Waals surface area contributed by atoms with E-state index in [0.717, 1.165) is 11.1 Å². The Morgan fingerprint density at radius 2 is 1.89 bits per heavy atom. The molecule has 0 aliphatic rings. The normalized spacial score (nSPS) is 10.8. The molecule has 0 bridgehead atoms. The fourth-order valence-corrected chi connectivity index (χ4v) is 1.97. The molecule has 0 amide bonds. The van der Waals surface area contributed by atoms with Crippen LogP contribution in [0, 0.1) is 0 Å². The molecule has 0 radical (unpaired) electrons. The third-order valence-electron chi connectivity index (χ3n) is 3.06. The van der Waals surface area contributed by atoms with E-state index in [1.165, 1.54) is 0 Å². The Kier molecular flexibility index (Phi) is 3.64. The maximum absolute atomic E-state index is 5.79. The monoisotopic (exact) mass is 262 g/mol. The summed E-state index contributed by atoms with van der Waals surface area (Å²) in [5.41, 5.74) is 8.45. The van der Waals surface area contributed by atoms with E-state index in [4.69, 9.17) is 19.7 Å². The third kappa shape index (κ3) is 2.36. The van der Waals surface area contributed by atoms with E-state index in [1.54, 1.807) is 20.4 Å². The van der Waals surface area contributed by atoms with Crippen LogP contribution in [0.3, 0.4) is 0 Å². The van der Waals surface area contributed by atoms with Crippen molar-refractivity contribution < 1.29 is 14.0 Å². The van der Waals surface area contributed by atoms with E-state index < -0.39 is 0 Å². The average Bonchev–Trinajstić information content (AvgIpc) is 2.82. The van der Waals surface area contributed by atoms with E-state index in [2.05, 4.69) is 19.0 Å². The summed E-state index contributed by atoms with van der Waals surface area (Å²) in [6.45, 7) is 4.23. The standard InChI is InChI=1S/C14H18N2O3/c1-8(2)9-5-10(11-7-16-19-14(11)15)13(18-4)12(6-9)17-3/h5-8H,15H2,1-4H3. The Bertz CT molecular complexity index is 576. The van der Waals surface area contributed by atoms with Gasteiger partial charge in [-0.15, -0.1) is 0 Å². The van der Waals surface area contributed by atoms with Crippen molar-refractivity contribution in [2.75, 3.05) is 20.0 Å². The number of methoxy groups -OCH3 is 2. The molecule has 0 aliphatic heterocycles. The summed E-state index contributed by atoms with van der Waals surface area (Å²) < 4.78 is 15.7. The first kappa shape index (κ1) is 13.3. The zero-order valence-electron chi connectivity index (χ0n) is 11.6. The predicted molar refractivity (Wildman–Crippen MR) is 73.5 cm³/mol. The maximum atomic E-state index is 5.79. The van der Waals surface area contributed by atoms with Gasteiger partial charge in [0.2, 0.25) is 5.88 Å². The Labute approximate surface area is 112 Å². The summed E-state index contributed by atoms with van der Waals surface area (Å²) in [5.74, 6) is 1.92. The smallest absolute Gasteiger partial charge is 0.230 e. The molecule has 5 heteroatoms. The third-order valence-corrected chi connectivity index (χ3v) is 3.06. The van der Waals surface area contributed by atoms with Gasteiger partial charge in [-0.25, -0.2) is 0 Å². The minimum atomic E-state index is 0.265. The minimum absolute atomic E-state index is 0.265. The lowest BCUT2D eigenvalue weighted by atomic mass is 9.97. The van der Waals surface area contributed by atoms with Crippen LogP contribution in [0.2, 0.25) is 0 Å². The summed E-state index contributed by atoms with van der Waals surface area (Å²) in [6, 6.07) is 3.99. The Balaban J connectivity index is 2.70. The number of nitrogens with zero attached hydrogens (tertiary/aromatic N) is 1. The number of anilines is 1. The van der Waals surface area contributed by atoms with Gasteiger partial charge in [-0.3, -0.25) is 0 Å². The molecule has 102 valence electrons. The molecule has 0 spiro atoms. The van der Waals surface area contributed by atoms with Gasteiger partial charge < -0.3 is 19.7 Å². The van der Waals surface area contributed by atoms with Crippen LogP contribution in [0.15, 0.2) is 22.9 Å². The van der Waals surface area contributed by atoms with Crippen LogP contribution in [-0.4, -0.2) is 19.4 Å². The Hall–Kier alpha value is -2.17. The maximum Gasteiger partial charge on any atom is 0.230 e. The lowest BCUT2D eigenvalue weighted by Crippen LogP contribution is -1.98. The molecule has 1 aromatic heterocycles. The lowest BCUT2D eigenvalue weighted by Gasteiger charge is -2.16. The van der Waals surface area contributed by atoms with Crippen LogP contribution in [0.25, 0.3) is 11.1 Å². The van der Waals surface area contributed by atoms with E-state index in [-0.39, 0.29) is 5.88 Å². The van der Waals surface area contributed by atoms with Crippen molar-refractivity contribution in [3.8, 4) is 22.6 Å². The van der Waals surface area contributed by atoms with Gasteiger partial charge in [-0.1, -0.05) is 19.0 Å². The first-order chi connectivity index (χ1) is 9.08. The first-order valence-electron chi connectivity index (χ1n) is 6.05. The van der Waals surface area contributed by atoms with Gasteiger partial charge in [0, 0.05) is 5.56 Å². The molecular formula is C14H18N2O3. The van der Waals surface area contributed by atoms with Gasteiger partial charge in [0.25, 0.3) is 0 Å². The van der Waals surface area contributed by atoms with Crippen LogP contribution >= 0.6 is 0 Å². The van der Waals surface area contributed by atoms with Gasteiger partial charge in [0.1, 0.15) is 0 Å². The Morgan fingerprint density at radius 3 is 2.37 bits per heavy atom. The summed E-state index contributed by atoms with van der Waals surface area (Å²) in [6.07, 6.45) is 1.58. The molecule has 1 heterocycles. The quantitative estimate of drug-likeness (QED) is 0.916. The van der Waals surface area contributed by atoms with E-state index in [9.17, 15) is 0 Å². The summed E-state index contributed by atoms with van der Waals surface area (Å²) in [5, 5.41) is 3.71. The fourth-order valence-electron chi connectivity index (χ4n) is 1.97. The molecule has 0 saturated carbocycles. The van der Waals surface area contributed by atoms with Gasteiger partial charge >= 0.3 is 0 Å². The van der Waals surface area contributed by atoms with Crippen molar-refractivity contribution >= 4 is 5.88 Å². The van der Waals surface area contributed by atoms with Crippen molar-refractivity contribution in [1.29, 1.82) is 0 Å². The highest BCUT2D eigenvalue weighted by atomic mass is 16.5. The molecular weight excluding hydrogens is 244 g/mol. The molecule has 2 N–H and O–H groups in total. The molecule has 0 unspecified atom stereocenters. The van der Waals surface area contributed by atoms with Gasteiger partial charge in [0.05, 0.1) is 26.0 Å². The molecule has 1 aromatic carbocycles. The summed E-state index contributed by atoms with van der Waals surface area (Å²) >= 11 is 0. The summed E-state index contributed by atoms with van der Waals surface area (Å²) in [4.78, 5) is 0. The second kappa shape index (κ2) is 5.22. The Morgan fingerprint density at radius 1 is 1.16 bits per heavy atom. The van der Waals surface area contributed by atoms with Crippen molar-refractivity contribution in [3.63, 3.8) is 0 Å². The predicted octanol–water partition coefficient (Wildman–Crippen LogP) is 3.06. The number of benzene rings is 1. The number of rotatable bonds is 4. The minimum Gasteiger partial charge on any atom is -0.493 e. The highest BCUT2D eigenvalue weighted by Gasteiger charge is 2.19. The number of nitrogens with two attached hydrogens (primary N) is 1. The topological polar surface area (TPSA) is 70.5 Å². The van der Waals surface area contributed by atoms with E-state index >= 15 is 0 Å². The van der Waals surface area contributed by atoms with Gasteiger partial charge in [-0.05, 0) is 23.6 Å². The van der Waals surface area contributed by atoms with Crippen molar-refractivity contribution in [2.45, 2.75) is 19.8 Å². The fraction of sp³-hybridized carbons (Fsp3) is 0.357. The van der Waals surface area contributed by atoms with Crippen molar-refractivity contribution in [2.24, 2.45) is 0 Å². The molecule has 2 rings (SSSR count). The lowest BCUT2D eigenvalue weighted by molar-refractivity contribution is 0.355. The first-order valence-corrected chi connectivity index (χ1v) is 6.05. The SMILES string of the molecule is COc1cc(C(C)C)cc(-c2cnoc2N)c1OC. The second-order valence-electron chi connectivity index (χ2n) is 4.56. The summed E-state index contributed by atoms with van der Waals surface area (Å²) in [7, 11) is 3.21. The van der Waals surface area contributed by atoms with Crippen LogP contribution in [-0.2, 0) is 0 Å². The molecule has 5 nitrogen and oxygen atoms in total. The van der Waals surface area contributed by atoms with Crippen LogP contribution in [0.5, 0.6) is 11.5 Å². The molecule has 0 aliphatic carbocycles. The van der Waals surface area contributed by atoms with Crippen molar-refractivity contribution in [1.82, 2.24) is 5.16 Å². The molecule has 0 fully saturated rings. The molecule has 0 saturated heterocycles. The number of hydrogen-bond acceptors (Lipinski definition) is 5. The number of hydrogen-bond donors (Lipinski definition) is 1. The molecule has 0 atom stereocenters. The zero-order valence-corrected chi connectivity index (χ0v) is 11.6. The molecule has 19 heavy (non-hydrogen) atoms. The number of aromatic nitrogens is 1.